The van der Waals surface area contributed by atoms with E-state index in [1.807, 2.05) is 42.5 Å². The van der Waals surface area contributed by atoms with E-state index in [0.29, 0.717) is 11.6 Å². The van der Waals surface area contributed by atoms with Crippen LogP contribution in [-0.2, 0) is 0 Å². The molecule has 0 aliphatic carbocycles. The van der Waals surface area contributed by atoms with Crippen LogP contribution in [0.5, 0.6) is 0 Å². The van der Waals surface area contributed by atoms with E-state index in [1.54, 1.807) is 6.07 Å². The maximum Gasteiger partial charge on any atom is 0.171 e. The van der Waals surface area contributed by atoms with Crippen LogP contribution in [0.25, 0.3) is 11.3 Å². The molecular formula is C15H11BrIN3O. The summed E-state index contributed by atoms with van der Waals surface area (Å²) in [5.41, 5.74) is 8.46. The Morgan fingerprint density at radius 2 is 1.86 bits per heavy atom. The molecule has 0 aliphatic heterocycles. The van der Waals surface area contributed by atoms with Crippen molar-refractivity contribution < 1.29 is 4.52 Å². The minimum absolute atomic E-state index is 0.366. The van der Waals surface area contributed by atoms with Crippen molar-refractivity contribution in [3.8, 4) is 11.3 Å². The largest absolute Gasteiger partial charge is 0.381 e. The molecule has 0 fully saturated rings. The Hall–Kier alpha value is -1.54. The standard InChI is InChI=1S/C15H11BrIN3O/c16-9-1-6-13(19-11-4-2-10(17)3-5-11)12(7-9)14-8-15(18)20-21-14/h1-8,19H,(H2,18,20). The number of anilines is 3. The molecule has 106 valence electrons. The number of benzene rings is 2. The van der Waals surface area contributed by atoms with E-state index in [2.05, 4.69) is 49.0 Å². The number of nitrogens with one attached hydrogen (secondary N) is 1. The van der Waals surface area contributed by atoms with Crippen molar-refractivity contribution in [3.63, 3.8) is 0 Å². The Labute approximate surface area is 144 Å². The molecule has 4 nitrogen and oxygen atoms in total. The van der Waals surface area contributed by atoms with Crippen LogP contribution in [0.15, 0.2) is 57.5 Å². The third-order valence-corrected chi connectivity index (χ3v) is 4.11. The molecule has 3 aromatic rings. The van der Waals surface area contributed by atoms with Crippen LogP contribution in [0.2, 0.25) is 0 Å². The Morgan fingerprint density at radius 3 is 2.52 bits per heavy atom. The van der Waals surface area contributed by atoms with Crippen molar-refractivity contribution in [2.45, 2.75) is 0 Å². The van der Waals surface area contributed by atoms with Crippen molar-refractivity contribution in [2.75, 3.05) is 11.1 Å². The van der Waals surface area contributed by atoms with Gasteiger partial charge in [0.15, 0.2) is 11.6 Å². The van der Waals surface area contributed by atoms with E-state index in [-0.39, 0.29) is 0 Å². The molecule has 0 aliphatic rings. The zero-order valence-corrected chi connectivity index (χ0v) is 14.6. The zero-order chi connectivity index (χ0) is 14.8. The lowest BCUT2D eigenvalue weighted by Crippen LogP contribution is -1.93. The van der Waals surface area contributed by atoms with E-state index in [9.17, 15) is 0 Å². The van der Waals surface area contributed by atoms with Crippen molar-refractivity contribution in [2.24, 2.45) is 0 Å². The molecule has 2 aromatic carbocycles. The zero-order valence-electron chi connectivity index (χ0n) is 10.8. The first kappa shape index (κ1) is 14.4. The van der Waals surface area contributed by atoms with E-state index in [0.717, 1.165) is 21.4 Å². The summed E-state index contributed by atoms with van der Waals surface area (Å²) in [6.45, 7) is 0. The summed E-state index contributed by atoms with van der Waals surface area (Å²) in [4.78, 5) is 0. The number of nitrogens with two attached hydrogens (primary N) is 1. The predicted octanol–water partition coefficient (Wildman–Crippen LogP) is 5.03. The fourth-order valence-corrected chi connectivity index (χ4v) is 2.65. The molecule has 1 heterocycles. The summed E-state index contributed by atoms with van der Waals surface area (Å²) in [6.07, 6.45) is 0. The van der Waals surface area contributed by atoms with E-state index in [1.165, 1.54) is 3.57 Å². The molecule has 0 saturated heterocycles. The quantitative estimate of drug-likeness (QED) is 0.543. The highest BCUT2D eigenvalue weighted by atomic mass is 127. The number of aromatic nitrogens is 1. The normalized spacial score (nSPS) is 10.6. The summed E-state index contributed by atoms with van der Waals surface area (Å²) in [5, 5.41) is 7.12. The molecule has 0 saturated carbocycles. The van der Waals surface area contributed by atoms with E-state index >= 15 is 0 Å². The van der Waals surface area contributed by atoms with Crippen LogP contribution in [0.4, 0.5) is 17.2 Å². The van der Waals surface area contributed by atoms with Crippen LogP contribution in [0, 0.1) is 3.57 Å². The molecule has 21 heavy (non-hydrogen) atoms. The van der Waals surface area contributed by atoms with Crippen molar-refractivity contribution in [1.82, 2.24) is 5.16 Å². The maximum absolute atomic E-state index is 5.64. The van der Waals surface area contributed by atoms with Crippen molar-refractivity contribution in [1.29, 1.82) is 0 Å². The Balaban J connectivity index is 2.00. The van der Waals surface area contributed by atoms with Crippen molar-refractivity contribution in [3.05, 3.63) is 56.6 Å². The smallest absolute Gasteiger partial charge is 0.171 e. The molecule has 3 rings (SSSR count). The van der Waals surface area contributed by atoms with Crippen LogP contribution in [0.3, 0.4) is 0 Å². The lowest BCUT2D eigenvalue weighted by atomic mass is 10.1. The third kappa shape index (κ3) is 3.38. The first-order valence-electron chi connectivity index (χ1n) is 6.16. The third-order valence-electron chi connectivity index (χ3n) is 2.90. The van der Waals surface area contributed by atoms with Gasteiger partial charge in [-0.3, -0.25) is 0 Å². The molecule has 0 radical (unpaired) electrons. The van der Waals surface area contributed by atoms with Gasteiger partial charge in [0.2, 0.25) is 0 Å². The molecule has 0 amide bonds. The number of rotatable bonds is 3. The topological polar surface area (TPSA) is 64.1 Å². The minimum Gasteiger partial charge on any atom is -0.381 e. The van der Waals surface area contributed by atoms with Gasteiger partial charge in [-0.25, -0.2) is 0 Å². The number of nitrogens with zero attached hydrogens (tertiary/aromatic N) is 1. The van der Waals surface area contributed by atoms with Gasteiger partial charge in [-0.1, -0.05) is 21.1 Å². The van der Waals surface area contributed by atoms with Gasteiger partial charge in [-0.15, -0.1) is 0 Å². The van der Waals surface area contributed by atoms with Gasteiger partial charge in [0.25, 0.3) is 0 Å². The monoisotopic (exact) mass is 455 g/mol. The molecule has 1 aromatic heterocycles. The highest BCUT2D eigenvalue weighted by Gasteiger charge is 2.11. The van der Waals surface area contributed by atoms with Crippen LogP contribution in [-0.4, -0.2) is 5.16 Å². The second-order valence-electron chi connectivity index (χ2n) is 4.44. The highest BCUT2D eigenvalue weighted by Crippen LogP contribution is 2.33. The van der Waals surface area contributed by atoms with Crippen LogP contribution < -0.4 is 11.1 Å². The first-order chi connectivity index (χ1) is 10.1. The molecular weight excluding hydrogens is 445 g/mol. The molecule has 6 heteroatoms. The van der Waals surface area contributed by atoms with E-state index in [4.69, 9.17) is 10.3 Å². The summed E-state index contributed by atoms with van der Waals surface area (Å²) >= 11 is 5.75. The van der Waals surface area contributed by atoms with Crippen LogP contribution in [0.1, 0.15) is 0 Å². The first-order valence-corrected chi connectivity index (χ1v) is 8.04. The summed E-state index contributed by atoms with van der Waals surface area (Å²) in [7, 11) is 0. The number of nitrogen functional groups attached to an aromatic ring is 1. The fourth-order valence-electron chi connectivity index (χ4n) is 1.93. The second-order valence-corrected chi connectivity index (χ2v) is 6.60. The molecule has 0 bridgehead atoms. The van der Waals surface area contributed by atoms with Gasteiger partial charge in [0.05, 0.1) is 0 Å². The Morgan fingerprint density at radius 1 is 1.10 bits per heavy atom. The number of hydrogen-bond donors (Lipinski definition) is 2. The highest BCUT2D eigenvalue weighted by molar-refractivity contribution is 14.1. The Bertz CT molecular complexity index is 771. The number of halogens is 2. The lowest BCUT2D eigenvalue weighted by Gasteiger charge is -2.11. The molecule has 0 spiro atoms. The fraction of sp³-hybridized carbons (Fsp3) is 0. The summed E-state index contributed by atoms with van der Waals surface area (Å²) in [6, 6.07) is 15.8. The average molecular weight is 456 g/mol. The summed E-state index contributed by atoms with van der Waals surface area (Å²) in [5.74, 6) is 0.993. The number of hydrogen-bond acceptors (Lipinski definition) is 4. The van der Waals surface area contributed by atoms with Gasteiger partial charge < -0.3 is 15.6 Å². The van der Waals surface area contributed by atoms with Gasteiger partial charge in [0.1, 0.15) is 0 Å². The minimum atomic E-state index is 0.366. The van der Waals surface area contributed by atoms with E-state index < -0.39 is 0 Å². The maximum atomic E-state index is 5.64. The van der Waals surface area contributed by atoms with Gasteiger partial charge in [-0.2, -0.15) is 0 Å². The predicted molar refractivity (Wildman–Crippen MR) is 96.5 cm³/mol. The second kappa shape index (κ2) is 6.07. The van der Waals surface area contributed by atoms with Gasteiger partial charge >= 0.3 is 0 Å². The SMILES string of the molecule is Nc1cc(-c2cc(Br)ccc2Nc2ccc(I)cc2)on1. The summed E-state index contributed by atoms with van der Waals surface area (Å²) < 4.78 is 7.42. The lowest BCUT2D eigenvalue weighted by molar-refractivity contribution is 0.436. The Kier molecular flexibility index (Phi) is 4.16. The molecule has 3 N–H and O–H groups in total. The van der Waals surface area contributed by atoms with Gasteiger partial charge in [-0.05, 0) is 65.1 Å². The van der Waals surface area contributed by atoms with Crippen LogP contribution >= 0.6 is 38.5 Å². The van der Waals surface area contributed by atoms with Gasteiger partial charge in [0, 0.05) is 31.0 Å². The molecule has 0 atom stereocenters. The van der Waals surface area contributed by atoms with Crippen molar-refractivity contribution >= 4 is 55.7 Å². The molecule has 0 unspecified atom stereocenters. The average Bonchev–Trinajstić information content (AvgIpc) is 2.90.